The van der Waals surface area contributed by atoms with Crippen LogP contribution in [0.25, 0.3) is 0 Å². The normalized spacial score (nSPS) is 26.5. The summed E-state index contributed by atoms with van der Waals surface area (Å²) < 4.78 is 28.5. The van der Waals surface area contributed by atoms with Crippen LogP contribution in [-0.2, 0) is 9.59 Å². The first-order valence-corrected chi connectivity index (χ1v) is 8.19. The fraction of sp³-hybridized carbons (Fsp3) is 0.467. The molecular formula is C15H16F2N2O3S. The lowest BCUT2D eigenvalue weighted by atomic mass is 10.2. The van der Waals surface area contributed by atoms with Crippen LogP contribution in [0.3, 0.4) is 0 Å². The van der Waals surface area contributed by atoms with Gasteiger partial charge in [-0.25, -0.2) is 0 Å². The Morgan fingerprint density at radius 1 is 1.43 bits per heavy atom. The molecule has 2 aliphatic rings. The molecule has 2 saturated heterocycles. The smallest absolute Gasteiger partial charge is 0.387 e. The lowest BCUT2D eigenvalue weighted by Crippen LogP contribution is -2.48. The Kier molecular flexibility index (Phi) is 4.18. The first-order valence-electron chi connectivity index (χ1n) is 7.21. The molecule has 1 aromatic rings. The molecule has 2 atom stereocenters. The number of fused-ring (bicyclic) bond motifs is 1. The lowest BCUT2D eigenvalue weighted by molar-refractivity contribution is -0.135. The summed E-state index contributed by atoms with van der Waals surface area (Å²) in [5.74, 6) is 0.315. The fourth-order valence-electron chi connectivity index (χ4n) is 2.96. The predicted octanol–water partition coefficient (Wildman–Crippen LogP) is 2.68. The van der Waals surface area contributed by atoms with Crippen molar-refractivity contribution in [2.24, 2.45) is 0 Å². The van der Waals surface area contributed by atoms with E-state index in [9.17, 15) is 18.4 Å². The number of alkyl halides is 2. The van der Waals surface area contributed by atoms with Crippen molar-refractivity contribution >= 4 is 29.3 Å². The predicted molar refractivity (Wildman–Crippen MR) is 82.4 cm³/mol. The van der Waals surface area contributed by atoms with Crippen molar-refractivity contribution in [1.29, 1.82) is 0 Å². The molecule has 3 rings (SSSR count). The van der Waals surface area contributed by atoms with Crippen molar-refractivity contribution < 1.29 is 23.1 Å². The third-order valence-electron chi connectivity index (χ3n) is 4.09. The molecule has 124 valence electrons. The van der Waals surface area contributed by atoms with Gasteiger partial charge >= 0.3 is 6.61 Å². The van der Waals surface area contributed by atoms with E-state index < -0.39 is 12.7 Å². The maximum Gasteiger partial charge on any atom is 0.387 e. The molecule has 0 aliphatic carbocycles. The third kappa shape index (κ3) is 3.12. The second-order valence-electron chi connectivity index (χ2n) is 5.66. The molecular weight excluding hydrogens is 326 g/mol. The maximum absolute atomic E-state index is 12.4. The highest BCUT2D eigenvalue weighted by molar-refractivity contribution is 8.01. The van der Waals surface area contributed by atoms with Gasteiger partial charge in [0.1, 0.15) is 11.8 Å². The number of anilines is 1. The Labute approximate surface area is 136 Å². The van der Waals surface area contributed by atoms with E-state index in [-0.39, 0.29) is 22.4 Å². The Balaban J connectivity index is 1.66. The highest BCUT2D eigenvalue weighted by Crippen LogP contribution is 2.47. The number of ether oxygens (including phenoxy) is 1. The summed E-state index contributed by atoms with van der Waals surface area (Å²) >= 11 is 1.62. The number of carbonyl (C=O) groups is 2. The number of carbonyl (C=O) groups excluding carboxylic acids is 2. The molecule has 0 aromatic heterocycles. The summed E-state index contributed by atoms with van der Waals surface area (Å²) in [7, 11) is 0. The summed E-state index contributed by atoms with van der Waals surface area (Å²) in [6.45, 7) is -0.906. The van der Waals surface area contributed by atoms with Gasteiger partial charge in [-0.05, 0) is 37.6 Å². The lowest BCUT2D eigenvalue weighted by Gasteiger charge is -2.29. The van der Waals surface area contributed by atoms with Crippen LogP contribution in [0.2, 0.25) is 0 Å². The Morgan fingerprint density at radius 2 is 2.13 bits per heavy atom. The minimum Gasteiger partial charge on any atom is -0.435 e. The molecule has 0 spiro atoms. The van der Waals surface area contributed by atoms with Gasteiger partial charge in [0.2, 0.25) is 11.8 Å². The molecule has 0 radical (unpaired) electrons. The van der Waals surface area contributed by atoms with E-state index in [0.29, 0.717) is 17.9 Å². The number of halogens is 2. The Bertz CT molecular complexity index is 626. The van der Waals surface area contributed by atoms with Crippen molar-refractivity contribution in [3.05, 3.63) is 24.3 Å². The van der Waals surface area contributed by atoms with Gasteiger partial charge in [-0.3, -0.25) is 9.59 Å². The van der Waals surface area contributed by atoms with Gasteiger partial charge in [0.25, 0.3) is 0 Å². The molecule has 2 fully saturated rings. The maximum atomic E-state index is 12.4. The number of thioether (sulfide) groups is 1. The molecule has 0 saturated carbocycles. The van der Waals surface area contributed by atoms with Crippen LogP contribution < -0.4 is 10.1 Å². The van der Waals surface area contributed by atoms with Gasteiger partial charge < -0.3 is 15.0 Å². The quantitative estimate of drug-likeness (QED) is 0.914. The topological polar surface area (TPSA) is 58.6 Å². The zero-order chi connectivity index (χ0) is 16.6. The van der Waals surface area contributed by atoms with E-state index in [4.69, 9.17) is 0 Å². The first kappa shape index (κ1) is 16.0. The second-order valence-corrected chi connectivity index (χ2v) is 7.16. The minimum absolute atomic E-state index is 0.00155. The van der Waals surface area contributed by atoms with Gasteiger partial charge in [-0.15, -0.1) is 11.8 Å². The summed E-state index contributed by atoms with van der Waals surface area (Å²) in [6.07, 6.45) is 1.22. The van der Waals surface area contributed by atoms with Gasteiger partial charge in [-0.2, -0.15) is 8.78 Å². The van der Waals surface area contributed by atoms with E-state index in [1.807, 2.05) is 6.92 Å². The van der Waals surface area contributed by atoms with E-state index in [2.05, 4.69) is 10.1 Å². The summed E-state index contributed by atoms with van der Waals surface area (Å²) in [6, 6.07) is 5.19. The van der Waals surface area contributed by atoms with E-state index in [1.54, 1.807) is 16.7 Å². The van der Waals surface area contributed by atoms with E-state index in [1.165, 1.54) is 24.3 Å². The van der Waals surface area contributed by atoms with Crippen LogP contribution in [0.4, 0.5) is 14.5 Å². The van der Waals surface area contributed by atoms with Gasteiger partial charge in [0.05, 0.1) is 4.87 Å². The monoisotopic (exact) mass is 342 g/mol. The van der Waals surface area contributed by atoms with Crippen LogP contribution in [0, 0.1) is 0 Å². The molecule has 2 heterocycles. The summed E-state index contributed by atoms with van der Waals surface area (Å²) in [5, 5.41) is 2.73. The SMILES string of the molecule is C[C@]12CCC(=O)N1[C@@H](C(=O)Nc1ccc(OC(F)F)cc1)CS2. The number of rotatable bonds is 4. The fourth-order valence-corrected chi connectivity index (χ4v) is 4.39. The van der Waals surface area contributed by atoms with Crippen LogP contribution in [-0.4, -0.2) is 40.0 Å². The minimum atomic E-state index is -2.88. The molecule has 23 heavy (non-hydrogen) atoms. The average Bonchev–Trinajstić information content (AvgIpc) is 2.98. The Hall–Kier alpha value is -1.83. The van der Waals surface area contributed by atoms with Crippen molar-refractivity contribution in [1.82, 2.24) is 4.90 Å². The van der Waals surface area contributed by atoms with Crippen LogP contribution in [0.1, 0.15) is 19.8 Å². The highest BCUT2D eigenvalue weighted by atomic mass is 32.2. The number of benzene rings is 1. The van der Waals surface area contributed by atoms with Crippen molar-refractivity contribution in [2.75, 3.05) is 11.1 Å². The Morgan fingerprint density at radius 3 is 2.78 bits per heavy atom. The molecule has 0 unspecified atom stereocenters. The molecule has 1 N–H and O–H groups in total. The standard InChI is InChI=1S/C15H16F2N2O3S/c1-15-7-6-12(20)19(15)11(8-23-15)13(21)18-9-2-4-10(5-3-9)22-14(16)17/h2-5,11,14H,6-8H2,1H3,(H,18,21)/t11-,15+/m1/s1. The van der Waals surface area contributed by atoms with Gasteiger partial charge in [0, 0.05) is 17.9 Å². The molecule has 2 aliphatic heterocycles. The zero-order valence-corrected chi connectivity index (χ0v) is 13.2. The van der Waals surface area contributed by atoms with Crippen molar-refractivity contribution in [3.8, 4) is 5.75 Å². The largest absolute Gasteiger partial charge is 0.435 e. The molecule has 8 heteroatoms. The summed E-state index contributed by atoms with van der Waals surface area (Å²) in [4.78, 5) is 25.8. The van der Waals surface area contributed by atoms with Crippen LogP contribution in [0.5, 0.6) is 5.75 Å². The van der Waals surface area contributed by atoms with Crippen molar-refractivity contribution in [2.45, 2.75) is 37.3 Å². The number of hydrogen-bond acceptors (Lipinski definition) is 4. The zero-order valence-electron chi connectivity index (χ0n) is 12.4. The van der Waals surface area contributed by atoms with E-state index >= 15 is 0 Å². The van der Waals surface area contributed by atoms with Crippen LogP contribution >= 0.6 is 11.8 Å². The van der Waals surface area contributed by atoms with Gasteiger partial charge in [-0.1, -0.05) is 0 Å². The van der Waals surface area contributed by atoms with Gasteiger partial charge in [0.15, 0.2) is 0 Å². The molecule has 5 nitrogen and oxygen atoms in total. The number of hydrogen-bond donors (Lipinski definition) is 1. The third-order valence-corrected chi connectivity index (χ3v) is 5.60. The van der Waals surface area contributed by atoms with E-state index in [0.717, 1.165) is 6.42 Å². The number of nitrogens with one attached hydrogen (secondary N) is 1. The molecule has 0 bridgehead atoms. The number of nitrogens with zero attached hydrogens (tertiary/aromatic N) is 1. The summed E-state index contributed by atoms with van der Waals surface area (Å²) in [5.41, 5.74) is 0.474. The van der Waals surface area contributed by atoms with Crippen LogP contribution in [0.15, 0.2) is 24.3 Å². The molecule has 2 amide bonds. The highest BCUT2D eigenvalue weighted by Gasteiger charge is 2.52. The van der Waals surface area contributed by atoms with Crippen molar-refractivity contribution in [3.63, 3.8) is 0 Å². The first-order chi connectivity index (χ1) is 10.9. The number of amides is 2. The average molecular weight is 342 g/mol. The second kappa shape index (κ2) is 5.99. The molecule has 1 aromatic carbocycles.